The van der Waals surface area contributed by atoms with Crippen molar-refractivity contribution in [2.45, 2.75) is 64.2 Å². The SMILES string of the molecule is CCON=C1c2ccc(S(=O)(=O)N3C[C@H](C)C[C@H](C)C3)cc2C(=NOCC)c2cc(S(=O)(=O)N3C[C@H](C)C[C@H](C)C3)ccc21. The Kier molecular flexibility index (Phi) is 9.55. The molecule has 0 N–H and O–H groups in total. The Hall–Kier alpha value is -2.80. The van der Waals surface area contributed by atoms with Crippen LogP contribution in [-0.2, 0) is 29.7 Å². The molecular formula is C32H44N4O6S2. The average Bonchev–Trinajstić information content (AvgIpc) is 2.97. The lowest BCUT2D eigenvalue weighted by molar-refractivity contribution is 0.158. The summed E-state index contributed by atoms with van der Waals surface area (Å²) in [4.78, 5) is 11.3. The Labute approximate surface area is 262 Å². The van der Waals surface area contributed by atoms with Crippen molar-refractivity contribution in [1.82, 2.24) is 8.61 Å². The molecule has 0 aromatic heterocycles. The van der Waals surface area contributed by atoms with Crippen LogP contribution in [0.4, 0.5) is 0 Å². The minimum absolute atomic E-state index is 0.140. The largest absolute Gasteiger partial charge is 0.396 e. The highest BCUT2D eigenvalue weighted by Gasteiger charge is 2.37. The Bertz CT molecular complexity index is 1540. The molecule has 2 saturated heterocycles. The zero-order valence-corrected chi connectivity index (χ0v) is 28.1. The highest BCUT2D eigenvalue weighted by Crippen LogP contribution is 2.35. The van der Waals surface area contributed by atoms with Gasteiger partial charge in [0.15, 0.2) is 0 Å². The molecule has 0 unspecified atom stereocenters. The Morgan fingerprint density at radius 1 is 0.614 bits per heavy atom. The normalized spacial score (nSPS) is 24.8. The van der Waals surface area contributed by atoms with Gasteiger partial charge >= 0.3 is 0 Å². The molecule has 2 aromatic rings. The van der Waals surface area contributed by atoms with Crippen LogP contribution in [0.5, 0.6) is 0 Å². The number of oxime groups is 2. The summed E-state index contributed by atoms with van der Waals surface area (Å²) in [5, 5.41) is 8.83. The van der Waals surface area contributed by atoms with Crippen LogP contribution in [0, 0.1) is 23.7 Å². The molecule has 4 atom stereocenters. The molecule has 10 nitrogen and oxygen atoms in total. The fourth-order valence-corrected chi connectivity index (χ4v) is 10.2. The summed E-state index contributed by atoms with van der Waals surface area (Å²) in [6, 6.07) is 9.85. The first-order chi connectivity index (χ1) is 20.9. The van der Waals surface area contributed by atoms with E-state index in [0.717, 1.165) is 12.8 Å². The van der Waals surface area contributed by atoms with E-state index in [1.54, 1.807) is 51.9 Å². The van der Waals surface area contributed by atoms with Crippen molar-refractivity contribution < 1.29 is 26.5 Å². The summed E-state index contributed by atoms with van der Waals surface area (Å²) >= 11 is 0. The highest BCUT2D eigenvalue weighted by atomic mass is 32.2. The van der Waals surface area contributed by atoms with Gasteiger partial charge in [0.05, 0.1) is 9.79 Å². The van der Waals surface area contributed by atoms with Gasteiger partial charge < -0.3 is 9.68 Å². The van der Waals surface area contributed by atoms with Gasteiger partial charge in [0, 0.05) is 48.4 Å². The van der Waals surface area contributed by atoms with E-state index in [1.165, 1.54) is 0 Å². The quantitative estimate of drug-likeness (QED) is 0.322. The van der Waals surface area contributed by atoms with E-state index in [9.17, 15) is 16.8 Å². The number of rotatable bonds is 8. The number of hydrogen-bond donors (Lipinski definition) is 0. The third-order valence-corrected chi connectivity index (χ3v) is 12.2. The van der Waals surface area contributed by atoms with Crippen molar-refractivity contribution in [2.75, 3.05) is 39.4 Å². The number of nitrogens with zero attached hydrogens (tertiary/aromatic N) is 4. The van der Waals surface area contributed by atoms with E-state index in [0.29, 0.717) is 66.5 Å². The van der Waals surface area contributed by atoms with Gasteiger partial charge in [-0.25, -0.2) is 16.8 Å². The highest BCUT2D eigenvalue weighted by molar-refractivity contribution is 7.89. The molecular weight excluding hydrogens is 601 g/mol. The summed E-state index contributed by atoms with van der Waals surface area (Å²) in [7, 11) is -7.62. The zero-order valence-electron chi connectivity index (χ0n) is 26.5. The molecule has 0 spiro atoms. The summed E-state index contributed by atoms with van der Waals surface area (Å²) in [5.74, 6) is 1.02. The molecule has 0 radical (unpaired) electrons. The Morgan fingerprint density at radius 3 is 1.30 bits per heavy atom. The van der Waals surface area contributed by atoms with Crippen molar-refractivity contribution in [3.8, 4) is 0 Å². The van der Waals surface area contributed by atoms with Gasteiger partial charge in [-0.3, -0.25) is 0 Å². The van der Waals surface area contributed by atoms with E-state index >= 15 is 0 Å². The maximum atomic E-state index is 13.9. The minimum atomic E-state index is -3.81. The number of sulfonamides is 2. The van der Waals surface area contributed by atoms with Crippen molar-refractivity contribution >= 4 is 31.5 Å². The predicted octanol–water partition coefficient (Wildman–Crippen LogP) is 4.91. The fraction of sp³-hybridized carbons (Fsp3) is 0.562. The Morgan fingerprint density at radius 2 is 0.955 bits per heavy atom. The molecule has 44 heavy (non-hydrogen) atoms. The molecule has 0 amide bonds. The molecule has 0 saturated carbocycles. The van der Waals surface area contributed by atoms with E-state index < -0.39 is 20.0 Å². The van der Waals surface area contributed by atoms with Crippen molar-refractivity contribution in [3.63, 3.8) is 0 Å². The van der Waals surface area contributed by atoms with Crippen molar-refractivity contribution in [1.29, 1.82) is 0 Å². The molecule has 3 aliphatic rings. The molecule has 2 aliphatic heterocycles. The van der Waals surface area contributed by atoms with Gasteiger partial charge in [-0.2, -0.15) is 8.61 Å². The predicted molar refractivity (Wildman–Crippen MR) is 171 cm³/mol. The van der Waals surface area contributed by atoms with Crippen molar-refractivity contribution in [2.24, 2.45) is 34.0 Å². The van der Waals surface area contributed by atoms with Crippen LogP contribution in [-0.4, -0.2) is 76.3 Å². The molecule has 1 aliphatic carbocycles. The second kappa shape index (κ2) is 12.9. The second-order valence-electron chi connectivity index (χ2n) is 12.7. The number of piperidine rings is 2. The van der Waals surface area contributed by atoms with Crippen LogP contribution in [0.25, 0.3) is 0 Å². The first-order valence-corrected chi connectivity index (χ1v) is 18.4. The molecule has 5 rings (SSSR count). The Balaban J connectivity index is 1.66. The molecule has 0 bridgehead atoms. The summed E-state index contributed by atoms with van der Waals surface area (Å²) in [6.45, 7) is 14.3. The lowest BCUT2D eigenvalue weighted by Gasteiger charge is -2.34. The standard InChI is InChI=1S/C32H44N4O6S2/c1-7-41-33-31-27-11-9-25(43(37,38)35-17-21(3)13-22(4)18-35)15-29(27)32(34-42-8-2)30-16-26(10-12-28(30)31)44(39,40)36-19-23(5)14-24(6)20-36/h9-12,15-16,21-24H,7-8,13-14,17-20H2,1-6H3/t21-,22+,23-,24+. The summed E-state index contributed by atoms with van der Waals surface area (Å²) in [6.07, 6.45) is 1.96. The van der Waals surface area contributed by atoms with E-state index in [4.69, 9.17) is 9.68 Å². The smallest absolute Gasteiger partial charge is 0.243 e. The first kappa shape index (κ1) is 32.6. The van der Waals surface area contributed by atoms with Crippen LogP contribution in [0.3, 0.4) is 0 Å². The minimum Gasteiger partial charge on any atom is -0.396 e. The maximum absolute atomic E-state index is 13.9. The van der Waals surface area contributed by atoms with Crippen LogP contribution >= 0.6 is 0 Å². The van der Waals surface area contributed by atoms with Gasteiger partial charge in [0.25, 0.3) is 0 Å². The van der Waals surface area contributed by atoms with E-state index in [1.807, 2.05) is 6.92 Å². The van der Waals surface area contributed by atoms with E-state index in [-0.39, 0.29) is 40.1 Å². The molecule has 2 heterocycles. The van der Waals surface area contributed by atoms with Crippen molar-refractivity contribution in [3.05, 3.63) is 58.7 Å². The monoisotopic (exact) mass is 644 g/mol. The van der Waals surface area contributed by atoms with Gasteiger partial charge in [-0.05, 0) is 74.6 Å². The fourth-order valence-electron chi connectivity index (χ4n) is 6.82. The lowest BCUT2D eigenvalue weighted by Crippen LogP contribution is -2.42. The van der Waals surface area contributed by atoms with Gasteiger partial charge in [0.2, 0.25) is 20.0 Å². The van der Waals surface area contributed by atoms with E-state index in [2.05, 4.69) is 38.0 Å². The topological polar surface area (TPSA) is 118 Å². The maximum Gasteiger partial charge on any atom is 0.243 e. The molecule has 240 valence electrons. The summed E-state index contributed by atoms with van der Waals surface area (Å²) in [5.41, 5.74) is 3.04. The number of hydrogen-bond acceptors (Lipinski definition) is 8. The second-order valence-corrected chi connectivity index (χ2v) is 16.5. The summed E-state index contributed by atoms with van der Waals surface area (Å²) < 4.78 is 58.8. The lowest BCUT2D eigenvalue weighted by atomic mass is 9.83. The van der Waals surface area contributed by atoms with Crippen LogP contribution < -0.4 is 0 Å². The first-order valence-electron chi connectivity index (χ1n) is 15.6. The van der Waals surface area contributed by atoms with Gasteiger partial charge in [0.1, 0.15) is 24.6 Å². The number of fused-ring (bicyclic) bond motifs is 2. The average molecular weight is 645 g/mol. The zero-order chi connectivity index (χ0) is 31.8. The van der Waals surface area contributed by atoms with Crippen LogP contribution in [0.15, 0.2) is 56.5 Å². The van der Waals surface area contributed by atoms with Gasteiger partial charge in [-0.1, -0.05) is 50.1 Å². The third kappa shape index (κ3) is 6.31. The van der Waals surface area contributed by atoms with Crippen LogP contribution in [0.1, 0.15) is 76.6 Å². The molecule has 2 aromatic carbocycles. The third-order valence-electron chi connectivity index (χ3n) is 8.52. The number of benzene rings is 2. The molecule has 2 fully saturated rings. The van der Waals surface area contributed by atoms with Gasteiger partial charge in [-0.15, -0.1) is 0 Å². The molecule has 12 heteroatoms. The van der Waals surface area contributed by atoms with Crippen LogP contribution in [0.2, 0.25) is 0 Å².